The fraction of sp³-hybridized carbons (Fsp3) is 0.0769. The van der Waals surface area contributed by atoms with Crippen molar-refractivity contribution in [3.8, 4) is 11.5 Å². The lowest BCUT2D eigenvalue weighted by molar-refractivity contribution is -0.141. The Balaban J connectivity index is 1.77. The van der Waals surface area contributed by atoms with Crippen LogP contribution in [0.3, 0.4) is 0 Å². The van der Waals surface area contributed by atoms with Gasteiger partial charge in [-0.25, -0.2) is 0 Å². The first-order valence-corrected chi connectivity index (χ1v) is 7.29. The van der Waals surface area contributed by atoms with Crippen molar-refractivity contribution in [2.24, 2.45) is 0 Å². The van der Waals surface area contributed by atoms with Crippen LogP contribution in [0.4, 0.5) is 13.2 Å². The smallest absolute Gasteiger partial charge is 0.411 e. The van der Waals surface area contributed by atoms with E-state index in [9.17, 15) is 13.2 Å². The molecule has 0 atom stereocenters. The van der Waals surface area contributed by atoms with E-state index in [0.717, 1.165) is 17.8 Å². The van der Waals surface area contributed by atoms with Gasteiger partial charge in [0.2, 0.25) is 5.89 Å². The van der Waals surface area contributed by atoms with E-state index in [1.807, 2.05) is 0 Å². The second-order valence-corrected chi connectivity index (χ2v) is 5.65. The predicted molar refractivity (Wildman–Crippen MR) is 75.9 cm³/mol. The zero-order valence-electron chi connectivity index (χ0n) is 11.1. The van der Waals surface area contributed by atoms with E-state index in [0.29, 0.717) is 10.6 Å². The molecule has 0 fully saturated rings. The summed E-state index contributed by atoms with van der Waals surface area (Å²) in [6.07, 6.45) is -4.53. The SMILES string of the molecule is FC(F)(F)c1ccc(Sc2nnc(-c3cccc(Cl)c3)o2)nn1. The van der Waals surface area contributed by atoms with Gasteiger partial charge in [-0.3, -0.25) is 0 Å². The maximum absolute atomic E-state index is 12.4. The van der Waals surface area contributed by atoms with Crippen LogP contribution in [0.1, 0.15) is 5.69 Å². The number of alkyl halides is 3. The van der Waals surface area contributed by atoms with E-state index >= 15 is 0 Å². The largest absolute Gasteiger partial charge is 0.435 e. The third-order valence-corrected chi connectivity index (χ3v) is 3.60. The normalized spacial score (nSPS) is 11.7. The Morgan fingerprint density at radius 1 is 1.00 bits per heavy atom. The first-order valence-electron chi connectivity index (χ1n) is 6.10. The molecule has 0 aliphatic heterocycles. The maximum atomic E-state index is 12.4. The Hall–Kier alpha value is -2.13. The summed E-state index contributed by atoms with van der Waals surface area (Å²) in [4.78, 5) is 0. The molecule has 0 aliphatic rings. The van der Waals surface area contributed by atoms with Gasteiger partial charge in [0.25, 0.3) is 5.22 Å². The molecular formula is C13H6ClF3N4OS. The van der Waals surface area contributed by atoms with Gasteiger partial charge >= 0.3 is 6.18 Å². The topological polar surface area (TPSA) is 64.7 Å². The summed E-state index contributed by atoms with van der Waals surface area (Å²) in [7, 11) is 0. The fourth-order valence-corrected chi connectivity index (χ4v) is 2.39. The monoisotopic (exact) mass is 358 g/mol. The molecule has 0 saturated heterocycles. The molecular weight excluding hydrogens is 353 g/mol. The van der Waals surface area contributed by atoms with Gasteiger partial charge in [0.05, 0.1) is 0 Å². The Bertz CT molecular complexity index is 823. The molecule has 5 nitrogen and oxygen atoms in total. The van der Waals surface area contributed by atoms with Gasteiger partial charge in [0, 0.05) is 10.6 Å². The van der Waals surface area contributed by atoms with Gasteiger partial charge in [-0.15, -0.1) is 20.4 Å². The van der Waals surface area contributed by atoms with Crippen LogP contribution in [-0.2, 0) is 6.18 Å². The van der Waals surface area contributed by atoms with Crippen LogP contribution >= 0.6 is 23.4 Å². The van der Waals surface area contributed by atoms with Crippen LogP contribution in [-0.4, -0.2) is 20.4 Å². The lowest BCUT2D eigenvalue weighted by atomic mass is 10.2. The second kappa shape index (κ2) is 6.17. The lowest BCUT2D eigenvalue weighted by Gasteiger charge is -2.03. The Kier molecular flexibility index (Phi) is 4.22. The highest BCUT2D eigenvalue weighted by atomic mass is 35.5. The van der Waals surface area contributed by atoms with E-state index in [4.69, 9.17) is 16.0 Å². The van der Waals surface area contributed by atoms with Gasteiger partial charge in [0.1, 0.15) is 5.03 Å². The van der Waals surface area contributed by atoms with Crippen molar-refractivity contribution >= 4 is 23.4 Å². The minimum Gasteiger partial charge on any atom is -0.411 e. The number of hydrogen-bond donors (Lipinski definition) is 0. The van der Waals surface area contributed by atoms with Crippen molar-refractivity contribution in [1.82, 2.24) is 20.4 Å². The molecule has 10 heteroatoms. The van der Waals surface area contributed by atoms with Crippen molar-refractivity contribution in [3.63, 3.8) is 0 Å². The number of rotatable bonds is 3. The van der Waals surface area contributed by atoms with Crippen LogP contribution in [0.15, 0.2) is 51.1 Å². The van der Waals surface area contributed by atoms with Crippen LogP contribution in [0.5, 0.6) is 0 Å². The first kappa shape index (κ1) is 15.8. The quantitative estimate of drug-likeness (QED) is 0.693. The molecule has 0 N–H and O–H groups in total. The highest BCUT2D eigenvalue weighted by Crippen LogP contribution is 2.31. The summed E-state index contributed by atoms with van der Waals surface area (Å²) in [6.45, 7) is 0. The number of hydrogen-bond acceptors (Lipinski definition) is 6. The van der Waals surface area contributed by atoms with Crippen LogP contribution in [0.25, 0.3) is 11.5 Å². The molecule has 3 rings (SSSR count). The van der Waals surface area contributed by atoms with E-state index in [-0.39, 0.29) is 16.1 Å². The van der Waals surface area contributed by atoms with E-state index < -0.39 is 11.9 Å². The molecule has 2 heterocycles. The summed E-state index contributed by atoms with van der Waals surface area (Å²) in [6, 6.07) is 8.85. The van der Waals surface area contributed by atoms with Crippen LogP contribution < -0.4 is 0 Å². The van der Waals surface area contributed by atoms with Gasteiger partial charge in [-0.1, -0.05) is 17.7 Å². The lowest BCUT2D eigenvalue weighted by Crippen LogP contribution is -2.08. The third kappa shape index (κ3) is 3.80. The van der Waals surface area contributed by atoms with Crippen LogP contribution in [0, 0.1) is 0 Å². The summed E-state index contributed by atoms with van der Waals surface area (Å²) >= 11 is 6.79. The zero-order chi connectivity index (χ0) is 16.4. The highest BCUT2D eigenvalue weighted by Gasteiger charge is 2.32. The van der Waals surface area contributed by atoms with Gasteiger partial charge in [-0.2, -0.15) is 13.2 Å². The summed E-state index contributed by atoms with van der Waals surface area (Å²) < 4.78 is 42.6. The number of nitrogens with zero attached hydrogens (tertiary/aromatic N) is 4. The second-order valence-electron chi connectivity index (χ2n) is 4.24. The number of benzene rings is 1. The molecule has 1 aromatic carbocycles. The molecule has 0 spiro atoms. The summed E-state index contributed by atoms with van der Waals surface area (Å²) in [5, 5.41) is 15.1. The van der Waals surface area contributed by atoms with E-state index in [1.54, 1.807) is 24.3 Å². The standard InChI is InChI=1S/C13H6ClF3N4OS/c14-8-3-1-2-7(6-8)11-20-21-12(22-11)23-10-5-4-9(18-19-10)13(15,16)17/h1-6H. The van der Waals surface area contributed by atoms with Gasteiger partial charge in [0.15, 0.2) is 5.69 Å². The molecule has 3 aromatic rings. The van der Waals surface area contributed by atoms with Crippen molar-refractivity contribution in [1.29, 1.82) is 0 Å². The molecule has 0 amide bonds. The molecule has 0 aliphatic carbocycles. The average Bonchev–Trinajstić information content (AvgIpc) is 2.95. The Labute approximate surface area is 136 Å². The van der Waals surface area contributed by atoms with E-state index in [2.05, 4.69) is 20.4 Å². The predicted octanol–water partition coefficient (Wildman–Crippen LogP) is 4.35. The Morgan fingerprint density at radius 2 is 1.83 bits per heavy atom. The van der Waals surface area contributed by atoms with Gasteiger partial charge in [-0.05, 0) is 42.1 Å². The molecule has 0 radical (unpaired) electrons. The summed E-state index contributed by atoms with van der Waals surface area (Å²) in [5.74, 6) is 0.245. The zero-order valence-corrected chi connectivity index (χ0v) is 12.7. The maximum Gasteiger partial charge on any atom is 0.435 e. The van der Waals surface area contributed by atoms with E-state index in [1.165, 1.54) is 6.07 Å². The van der Waals surface area contributed by atoms with Crippen molar-refractivity contribution in [3.05, 3.63) is 47.1 Å². The average molecular weight is 359 g/mol. The number of halogens is 4. The molecule has 0 saturated carbocycles. The number of aromatic nitrogens is 4. The minimum atomic E-state index is -4.53. The van der Waals surface area contributed by atoms with Crippen LogP contribution in [0.2, 0.25) is 5.02 Å². The van der Waals surface area contributed by atoms with Crippen molar-refractivity contribution in [2.45, 2.75) is 16.4 Å². The third-order valence-electron chi connectivity index (χ3n) is 2.60. The fourth-order valence-electron chi connectivity index (χ4n) is 1.60. The molecule has 118 valence electrons. The first-order chi connectivity index (χ1) is 10.9. The Morgan fingerprint density at radius 3 is 2.48 bits per heavy atom. The minimum absolute atomic E-state index is 0.133. The molecule has 0 unspecified atom stereocenters. The molecule has 0 bridgehead atoms. The molecule has 23 heavy (non-hydrogen) atoms. The van der Waals surface area contributed by atoms with Crippen molar-refractivity contribution < 1.29 is 17.6 Å². The van der Waals surface area contributed by atoms with Crippen molar-refractivity contribution in [2.75, 3.05) is 0 Å². The van der Waals surface area contributed by atoms with Gasteiger partial charge < -0.3 is 4.42 Å². The highest BCUT2D eigenvalue weighted by molar-refractivity contribution is 7.99. The molecule has 2 aromatic heterocycles. The summed E-state index contributed by atoms with van der Waals surface area (Å²) in [5.41, 5.74) is -0.428.